The number of carbonyl (C=O) groups excluding carboxylic acids is 1. The normalized spacial score (nSPS) is 52.9. The molecule has 4 aliphatic heterocycles. The molecule has 4 fully saturated rings. The zero-order valence-electron chi connectivity index (χ0n) is 8.83. The van der Waals surface area contributed by atoms with Crippen LogP contribution < -0.4 is 0 Å². The Morgan fingerprint density at radius 1 is 1.31 bits per heavy atom. The van der Waals surface area contributed by atoms with Crippen molar-refractivity contribution in [3.05, 3.63) is 0 Å². The summed E-state index contributed by atoms with van der Waals surface area (Å²) in [6.45, 7) is 1.29. The Balaban J connectivity index is 1.49. The van der Waals surface area contributed by atoms with Crippen molar-refractivity contribution in [3.8, 4) is 0 Å². The molecule has 0 unspecified atom stereocenters. The van der Waals surface area contributed by atoms with Crippen LogP contribution in [0.5, 0.6) is 0 Å². The molecular formula is C11H14O5. The molecule has 5 nitrogen and oxygen atoms in total. The van der Waals surface area contributed by atoms with Crippen LogP contribution in [0.15, 0.2) is 0 Å². The molecule has 2 bridgehead atoms. The molecule has 6 atom stereocenters. The van der Waals surface area contributed by atoms with Crippen molar-refractivity contribution < 1.29 is 23.7 Å². The summed E-state index contributed by atoms with van der Waals surface area (Å²) in [5, 5.41) is 0. The minimum Gasteiger partial charge on any atom is -0.435 e. The first-order valence-electron chi connectivity index (χ1n) is 5.92. The third-order valence-electron chi connectivity index (χ3n) is 4.00. The van der Waals surface area contributed by atoms with Gasteiger partial charge >= 0.3 is 5.97 Å². The molecule has 88 valence electrons. The molecule has 0 aromatic carbocycles. The second-order valence-electron chi connectivity index (χ2n) is 4.99. The maximum absolute atomic E-state index is 11.7. The van der Waals surface area contributed by atoms with E-state index in [0.29, 0.717) is 6.61 Å². The molecule has 0 radical (unpaired) electrons. The molecule has 0 aromatic heterocycles. The molecule has 16 heavy (non-hydrogen) atoms. The Kier molecular flexibility index (Phi) is 1.87. The molecule has 4 heterocycles. The van der Waals surface area contributed by atoms with E-state index in [9.17, 15) is 4.79 Å². The fourth-order valence-corrected chi connectivity index (χ4v) is 3.15. The van der Waals surface area contributed by atoms with Crippen LogP contribution in [-0.4, -0.2) is 43.8 Å². The van der Waals surface area contributed by atoms with E-state index in [1.165, 1.54) is 0 Å². The molecule has 0 spiro atoms. The number of fused-ring (bicyclic) bond motifs is 5. The van der Waals surface area contributed by atoms with Gasteiger partial charge in [-0.3, -0.25) is 4.79 Å². The summed E-state index contributed by atoms with van der Waals surface area (Å²) in [4.78, 5) is 11.7. The van der Waals surface area contributed by atoms with Crippen molar-refractivity contribution in [2.75, 3.05) is 13.2 Å². The van der Waals surface area contributed by atoms with Gasteiger partial charge in [0, 0.05) is 0 Å². The van der Waals surface area contributed by atoms with Crippen molar-refractivity contribution in [3.63, 3.8) is 0 Å². The second-order valence-corrected chi connectivity index (χ2v) is 4.99. The monoisotopic (exact) mass is 226 g/mol. The molecule has 4 aliphatic rings. The first-order chi connectivity index (χ1) is 7.83. The van der Waals surface area contributed by atoms with Crippen LogP contribution >= 0.6 is 0 Å². The summed E-state index contributed by atoms with van der Waals surface area (Å²) in [6.07, 6.45) is 2.05. The van der Waals surface area contributed by atoms with Gasteiger partial charge in [0.1, 0.15) is 6.10 Å². The minimum absolute atomic E-state index is 0.0771. The number of hydrogen-bond acceptors (Lipinski definition) is 5. The molecular weight excluding hydrogens is 212 g/mol. The minimum atomic E-state index is -0.406. The maximum atomic E-state index is 11.7. The number of esters is 1. The molecule has 0 aromatic rings. The SMILES string of the molecule is O=C1O[C@H](OC[C@H]2CO2)[C@@H]2[C@H]1[C@H]1CC[C@@H]2O1. The molecule has 0 saturated carbocycles. The average molecular weight is 226 g/mol. The van der Waals surface area contributed by atoms with Crippen LogP contribution in [0.2, 0.25) is 0 Å². The number of hydrogen-bond donors (Lipinski definition) is 0. The predicted molar refractivity (Wildman–Crippen MR) is 50.4 cm³/mol. The first-order valence-corrected chi connectivity index (χ1v) is 5.92. The lowest BCUT2D eigenvalue weighted by Crippen LogP contribution is -2.33. The number of rotatable bonds is 3. The number of epoxide rings is 1. The fourth-order valence-electron chi connectivity index (χ4n) is 3.15. The smallest absolute Gasteiger partial charge is 0.314 e. The number of cyclic esters (lactones) is 1. The molecule has 0 N–H and O–H groups in total. The van der Waals surface area contributed by atoms with Gasteiger partial charge in [-0.2, -0.15) is 0 Å². The van der Waals surface area contributed by atoms with Gasteiger partial charge in [-0.05, 0) is 12.8 Å². The second kappa shape index (κ2) is 3.18. The summed E-state index contributed by atoms with van der Waals surface area (Å²) < 4.78 is 21.7. The molecule has 4 saturated heterocycles. The largest absolute Gasteiger partial charge is 0.435 e. The lowest BCUT2D eigenvalue weighted by Gasteiger charge is -2.21. The fraction of sp³-hybridized carbons (Fsp3) is 0.909. The Morgan fingerprint density at radius 2 is 2.12 bits per heavy atom. The zero-order valence-corrected chi connectivity index (χ0v) is 8.83. The van der Waals surface area contributed by atoms with Crippen LogP contribution in [0.25, 0.3) is 0 Å². The van der Waals surface area contributed by atoms with E-state index in [4.69, 9.17) is 18.9 Å². The zero-order chi connectivity index (χ0) is 10.7. The molecule has 0 aliphatic carbocycles. The van der Waals surface area contributed by atoms with Crippen molar-refractivity contribution in [1.82, 2.24) is 0 Å². The van der Waals surface area contributed by atoms with Gasteiger partial charge in [0.25, 0.3) is 0 Å². The number of carbonyl (C=O) groups is 1. The summed E-state index contributed by atoms with van der Waals surface area (Å²) >= 11 is 0. The van der Waals surface area contributed by atoms with Gasteiger partial charge in [-0.15, -0.1) is 0 Å². The van der Waals surface area contributed by atoms with Crippen LogP contribution in [0.3, 0.4) is 0 Å². The van der Waals surface area contributed by atoms with E-state index >= 15 is 0 Å². The van der Waals surface area contributed by atoms with Crippen LogP contribution in [0.4, 0.5) is 0 Å². The van der Waals surface area contributed by atoms with Gasteiger partial charge in [-0.25, -0.2) is 0 Å². The van der Waals surface area contributed by atoms with Gasteiger partial charge in [-0.1, -0.05) is 0 Å². The lowest BCUT2D eigenvalue weighted by molar-refractivity contribution is -0.175. The third-order valence-corrected chi connectivity index (χ3v) is 4.00. The topological polar surface area (TPSA) is 57.3 Å². The maximum Gasteiger partial charge on any atom is 0.314 e. The van der Waals surface area contributed by atoms with Crippen molar-refractivity contribution >= 4 is 5.97 Å². The standard InChI is InChI=1S/C11H14O5/c12-10-8-6-1-2-7(15-6)9(8)11(16-10)14-4-5-3-13-5/h5-9,11H,1-4H2/t5-,6-,7+,8-,9+,11+/m1/s1. The summed E-state index contributed by atoms with van der Waals surface area (Å²) in [5.74, 6) is -0.104. The Morgan fingerprint density at radius 3 is 2.94 bits per heavy atom. The van der Waals surface area contributed by atoms with Crippen molar-refractivity contribution in [2.24, 2.45) is 11.8 Å². The van der Waals surface area contributed by atoms with Gasteiger partial charge in [0.2, 0.25) is 6.29 Å². The summed E-state index contributed by atoms with van der Waals surface area (Å²) in [7, 11) is 0. The molecule has 4 rings (SSSR count). The van der Waals surface area contributed by atoms with Crippen molar-refractivity contribution in [2.45, 2.75) is 37.4 Å². The summed E-state index contributed by atoms with van der Waals surface area (Å²) in [5.41, 5.74) is 0. The summed E-state index contributed by atoms with van der Waals surface area (Å²) in [6, 6.07) is 0. The van der Waals surface area contributed by atoms with E-state index in [2.05, 4.69) is 0 Å². The van der Waals surface area contributed by atoms with Crippen molar-refractivity contribution in [1.29, 1.82) is 0 Å². The van der Waals surface area contributed by atoms with E-state index in [1.54, 1.807) is 0 Å². The molecule has 5 heteroatoms. The third kappa shape index (κ3) is 1.25. The highest BCUT2D eigenvalue weighted by molar-refractivity contribution is 5.76. The molecule has 0 amide bonds. The van der Waals surface area contributed by atoms with Gasteiger partial charge in [0.05, 0.1) is 37.3 Å². The average Bonchev–Trinajstić information content (AvgIpc) is 2.73. The predicted octanol–water partition coefficient (Wildman–Crippen LogP) is 0.0783. The van der Waals surface area contributed by atoms with Crippen LogP contribution in [-0.2, 0) is 23.7 Å². The Hall–Kier alpha value is -0.650. The number of ether oxygens (including phenoxy) is 4. The van der Waals surface area contributed by atoms with E-state index in [0.717, 1.165) is 19.4 Å². The highest BCUT2D eigenvalue weighted by Crippen LogP contribution is 2.50. The van der Waals surface area contributed by atoms with E-state index in [-0.39, 0.29) is 36.1 Å². The van der Waals surface area contributed by atoms with E-state index < -0.39 is 6.29 Å². The highest BCUT2D eigenvalue weighted by Gasteiger charge is 2.61. The highest BCUT2D eigenvalue weighted by atomic mass is 16.7. The van der Waals surface area contributed by atoms with Crippen LogP contribution in [0.1, 0.15) is 12.8 Å². The van der Waals surface area contributed by atoms with E-state index in [1.807, 2.05) is 0 Å². The van der Waals surface area contributed by atoms with Crippen LogP contribution in [0, 0.1) is 11.8 Å². The first kappa shape index (κ1) is 9.39. The lowest BCUT2D eigenvalue weighted by atomic mass is 9.81. The van der Waals surface area contributed by atoms with Gasteiger partial charge < -0.3 is 18.9 Å². The Bertz CT molecular complexity index is 326. The van der Waals surface area contributed by atoms with Gasteiger partial charge in [0.15, 0.2) is 0 Å². The Labute approximate surface area is 93.0 Å². The quantitative estimate of drug-likeness (QED) is 0.504.